The van der Waals surface area contributed by atoms with E-state index < -0.39 is 85.9 Å². The largest absolute Gasteiger partial charge is 0.491 e. The summed E-state index contributed by atoms with van der Waals surface area (Å²) in [4.78, 5) is 62.0. The highest BCUT2D eigenvalue weighted by Crippen LogP contribution is 2.48. The number of rotatable bonds is 9. The van der Waals surface area contributed by atoms with E-state index in [4.69, 9.17) is 14.2 Å². The molecular weight excluding hydrogens is 796 g/mol. The maximum Gasteiger partial charge on any atom is 0.427 e. The Labute approximate surface area is 342 Å². The molecule has 7 unspecified atom stereocenters. The highest BCUT2D eigenvalue weighted by atomic mass is 32.2. The molecule has 2 aliphatic heterocycles. The molecule has 3 fully saturated rings. The quantitative estimate of drug-likeness (QED) is 0.265. The third-order valence-corrected chi connectivity index (χ3v) is 14.1. The van der Waals surface area contributed by atoms with Crippen LogP contribution in [0.15, 0.2) is 42.6 Å². The number of nitrogens with zero attached hydrogens (tertiary/aromatic N) is 2. The van der Waals surface area contributed by atoms with Crippen molar-refractivity contribution in [3.8, 4) is 11.6 Å². The summed E-state index contributed by atoms with van der Waals surface area (Å²) in [5, 5.41) is 6.56. The number of ether oxygens (including phenoxy) is 3. The summed E-state index contributed by atoms with van der Waals surface area (Å²) in [6.07, 6.45) is 0.157. The molecule has 2 aliphatic carbocycles. The Kier molecular flexibility index (Phi) is 12.0. The van der Waals surface area contributed by atoms with E-state index in [9.17, 15) is 40.8 Å². The summed E-state index contributed by atoms with van der Waals surface area (Å²) >= 11 is 0. The van der Waals surface area contributed by atoms with Crippen molar-refractivity contribution in [2.24, 2.45) is 17.8 Å². The van der Waals surface area contributed by atoms with Gasteiger partial charge in [-0.2, -0.15) is 13.2 Å². The minimum Gasteiger partial charge on any atom is -0.491 e. The van der Waals surface area contributed by atoms with E-state index in [1.807, 2.05) is 32.9 Å². The molecule has 0 bridgehead atoms. The van der Waals surface area contributed by atoms with E-state index in [-0.39, 0.29) is 37.3 Å². The number of alkyl carbamates (subject to hydrolysis) is 1. The number of allylic oxidation sites excluding steroid dienone is 1. The molecule has 14 nitrogen and oxygen atoms in total. The SMILES string of the molecule is CC1CCC=CC2CC2(C(=O)NS(=O)(=O)C2(C)CC2)NC(=O)C2CC(Oc3nccc4cc(OC(C)C)ccc34)CN2C(=O)C(NC(=O)OC(C)(C)C(F)(F)F)C(C)C1. The number of sulfonamides is 1. The number of aromatic nitrogens is 1. The van der Waals surface area contributed by atoms with Gasteiger partial charge in [0, 0.05) is 23.9 Å². The molecule has 3 N–H and O–H groups in total. The van der Waals surface area contributed by atoms with Gasteiger partial charge in [0.2, 0.25) is 33.3 Å². The Morgan fingerprint density at radius 2 is 1.80 bits per heavy atom. The first kappa shape index (κ1) is 44.0. The zero-order valence-electron chi connectivity index (χ0n) is 34.4. The predicted octanol–water partition coefficient (Wildman–Crippen LogP) is 5.69. The average molecular weight is 850 g/mol. The van der Waals surface area contributed by atoms with Crippen molar-refractivity contribution < 1.29 is 55.0 Å². The third kappa shape index (κ3) is 9.41. The lowest BCUT2D eigenvalue weighted by Gasteiger charge is -2.34. The first-order valence-corrected chi connectivity index (χ1v) is 21.6. The summed E-state index contributed by atoms with van der Waals surface area (Å²) in [6.45, 7) is 10.2. The molecule has 0 spiro atoms. The van der Waals surface area contributed by atoms with Crippen molar-refractivity contribution in [3.63, 3.8) is 0 Å². The Morgan fingerprint density at radius 1 is 1.08 bits per heavy atom. The number of amides is 4. The van der Waals surface area contributed by atoms with Gasteiger partial charge in [-0.15, -0.1) is 0 Å². The number of hydrogen-bond acceptors (Lipinski definition) is 10. The summed E-state index contributed by atoms with van der Waals surface area (Å²) in [5.74, 6) is -2.83. The van der Waals surface area contributed by atoms with Crippen LogP contribution < -0.4 is 24.8 Å². The van der Waals surface area contributed by atoms with Crippen LogP contribution in [0.1, 0.15) is 93.4 Å². The second-order valence-electron chi connectivity index (χ2n) is 17.6. The maximum absolute atomic E-state index is 14.8. The number of fused-ring (bicyclic) bond motifs is 3. The minimum absolute atomic E-state index is 0.0368. The second kappa shape index (κ2) is 16.1. The van der Waals surface area contributed by atoms with Crippen LogP contribution in [0.4, 0.5) is 18.0 Å². The van der Waals surface area contributed by atoms with Crippen molar-refractivity contribution in [1.29, 1.82) is 0 Å². The van der Waals surface area contributed by atoms with Gasteiger partial charge in [-0.25, -0.2) is 18.2 Å². The van der Waals surface area contributed by atoms with Crippen molar-refractivity contribution >= 4 is 44.6 Å². The number of carbonyl (C=O) groups is 4. The molecular formula is C41H54F3N5O9S. The molecule has 1 aromatic carbocycles. The minimum atomic E-state index is -4.91. The molecule has 1 saturated heterocycles. The number of hydrogen-bond donors (Lipinski definition) is 3. The summed E-state index contributed by atoms with van der Waals surface area (Å²) < 4.78 is 85.8. The van der Waals surface area contributed by atoms with Gasteiger partial charge < -0.3 is 29.7 Å². The fourth-order valence-corrected chi connectivity index (χ4v) is 9.08. The zero-order chi connectivity index (χ0) is 43.3. The summed E-state index contributed by atoms with van der Waals surface area (Å²) in [5.41, 5.74) is -4.53. The van der Waals surface area contributed by atoms with Crippen molar-refractivity contribution in [3.05, 3.63) is 42.6 Å². The van der Waals surface area contributed by atoms with Crippen LogP contribution in [0.25, 0.3) is 10.8 Å². The van der Waals surface area contributed by atoms with E-state index in [1.165, 1.54) is 11.8 Å². The smallest absolute Gasteiger partial charge is 0.427 e. The highest BCUT2D eigenvalue weighted by molar-refractivity contribution is 7.91. The Balaban J connectivity index is 1.35. The lowest BCUT2D eigenvalue weighted by Crippen LogP contribution is -2.59. The number of benzene rings is 1. The molecule has 1 aromatic heterocycles. The van der Waals surface area contributed by atoms with Crippen LogP contribution in [0.5, 0.6) is 11.6 Å². The van der Waals surface area contributed by atoms with Crippen LogP contribution in [0.2, 0.25) is 0 Å². The Morgan fingerprint density at radius 3 is 2.46 bits per heavy atom. The van der Waals surface area contributed by atoms with Gasteiger partial charge in [0.25, 0.3) is 5.91 Å². The molecule has 4 amide bonds. The molecule has 0 radical (unpaired) electrons. The van der Waals surface area contributed by atoms with Crippen LogP contribution in [-0.2, 0) is 29.1 Å². The number of pyridine rings is 1. The Hall–Kier alpha value is -4.61. The molecule has 59 heavy (non-hydrogen) atoms. The highest BCUT2D eigenvalue weighted by Gasteiger charge is 2.63. The predicted molar refractivity (Wildman–Crippen MR) is 211 cm³/mol. The van der Waals surface area contributed by atoms with Crippen molar-refractivity contribution in [2.45, 2.75) is 140 Å². The standard InChI is InChI=1S/C41H54F3N5O9S/c1-23(2)56-28-12-13-30-26(19-28)14-17-45-34(30)57-29-20-31-33(50)47-40(36(52)48-59(54,55)39(7)15-16-39)21-27(40)11-9-8-10-24(3)18-25(4)32(35(51)49(31)22-29)46-37(53)58-38(5,6)41(42,43)44/h9,11-14,17,19,23-25,27,29,31-32H,8,10,15-16,18,20-22H2,1-7H3,(H,46,53)(H,47,50)(H,48,52). The molecule has 2 aromatic rings. The average Bonchev–Trinajstić information content (AvgIpc) is 4.01. The van der Waals surface area contributed by atoms with Crippen LogP contribution in [0.3, 0.4) is 0 Å². The van der Waals surface area contributed by atoms with E-state index in [1.54, 1.807) is 37.4 Å². The topological polar surface area (TPSA) is 182 Å². The van der Waals surface area contributed by atoms with Gasteiger partial charge in [-0.1, -0.05) is 26.0 Å². The van der Waals surface area contributed by atoms with E-state index in [2.05, 4.69) is 20.3 Å². The van der Waals surface area contributed by atoms with E-state index >= 15 is 0 Å². The van der Waals surface area contributed by atoms with Gasteiger partial charge in [-0.05, 0) is 115 Å². The van der Waals surface area contributed by atoms with E-state index in [0.29, 0.717) is 57.1 Å². The molecule has 3 heterocycles. The van der Waals surface area contributed by atoms with Gasteiger partial charge in [0.05, 0.1) is 17.4 Å². The molecule has 4 aliphatic rings. The van der Waals surface area contributed by atoms with Gasteiger partial charge in [0.1, 0.15) is 29.5 Å². The van der Waals surface area contributed by atoms with Crippen LogP contribution in [0, 0.1) is 17.8 Å². The molecule has 2 saturated carbocycles. The fourth-order valence-electron chi connectivity index (χ4n) is 7.77. The number of alkyl halides is 3. The lowest BCUT2D eigenvalue weighted by molar-refractivity contribution is -0.244. The maximum atomic E-state index is 14.8. The van der Waals surface area contributed by atoms with Gasteiger partial charge >= 0.3 is 12.3 Å². The number of nitrogens with one attached hydrogen (secondary N) is 3. The van der Waals surface area contributed by atoms with Gasteiger partial charge in [-0.3, -0.25) is 19.1 Å². The second-order valence-corrected chi connectivity index (χ2v) is 19.8. The van der Waals surface area contributed by atoms with E-state index in [0.717, 1.165) is 5.39 Å². The van der Waals surface area contributed by atoms with Crippen LogP contribution in [-0.4, -0.2) is 95.0 Å². The van der Waals surface area contributed by atoms with Crippen LogP contribution >= 0.6 is 0 Å². The molecule has 6 rings (SSSR count). The van der Waals surface area contributed by atoms with Gasteiger partial charge in [0.15, 0.2) is 0 Å². The summed E-state index contributed by atoms with van der Waals surface area (Å²) in [6, 6.07) is 4.39. The monoisotopic (exact) mass is 849 g/mol. The van der Waals surface area contributed by atoms with Crippen molar-refractivity contribution in [2.75, 3.05) is 6.54 Å². The molecule has 324 valence electrons. The molecule has 7 atom stereocenters. The first-order chi connectivity index (χ1) is 27.4. The number of carbonyl (C=O) groups excluding carboxylic acids is 4. The third-order valence-electron chi connectivity index (χ3n) is 11.9. The lowest BCUT2D eigenvalue weighted by atomic mass is 9.88. The van der Waals surface area contributed by atoms with Crippen molar-refractivity contribution in [1.82, 2.24) is 25.2 Å². The molecule has 18 heteroatoms. The number of halogens is 3. The normalized spacial score (nSPS) is 28.7. The zero-order valence-corrected chi connectivity index (χ0v) is 35.2. The first-order valence-electron chi connectivity index (χ1n) is 20.1. The summed E-state index contributed by atoms with van der Waals surface area (Å²) in [7, 11) is -4.08. The Bertz CT molecular complexity index is 2110. The fraction of sp³-hybridized carbons (Fsp3) is 0.634.